The Hall–Kier alpha value is -4.82. The highest BCUT2D eigenvalue weighted by atomic mass is 35.5. The maximum absolute atomic E-state index is 14.1. The summed E-state index contributed by atoms with van der Waals surface area (Å²) in [4.78, 5) is 27.0. The third-order valence-electron chi connectivity index (χ3n) is 7.52. The molecule has 8 heteroatoms. The number of rotatable bonds is 11. The van der Waals surface area contributed by atoms with Gasteiger partial charge in [0.2, 0.25) is 5.91 Å². The van der Waals surface area contributed by atoms with Gasteiger partial charge in [-0.2, -0.15) is 0 Å². The van der Waals surface area contributed by atoms with Gasteiger partial charge in [-0.25, -0.2) is 4.39 Å². The van der Waals surface area contributed by atoms with Crippen LogP contribution < -0.4 is 21.7 Å². The molecule has 0 aliphatic rings. The summed E-state index contributed by atoms with van der Waals surface area (Å²) in [6, 6.07) is 36.8. The van der Waals surface area contributed by atoms with Crippen molar-refractivity contribution in [3.63, 3.8) is 0 Å². The molecule has 5 rings (SSSR count). The summed E-state index contributed by atoms with van der Waals surface area (Å²) in [5.41, 5.74) is 12.7. The highest BCUT2D eigenvalue weighted by Gasteiger charge is 2.23. The lowest BCUT2D eigenvalue weighted by Gasteiger charge is -2.19. The van der Waals surface area contributed by atoms with Gasteiger partial charge in [0, 0.05) is 41.2 Å². The first-order valence-electron chi connectivity index (χ1n) is 14.6. The fraction of sp³-hybridized carbons (Fsp3) is 0.135. The molecule has 2 amide bonds. The van der Waals surface area contributed by atoms with Crippen LogP contribution in [0, 0.1) is 5.82 Å². The fourth-order valence-corrected chi connectivity index (χ4v) is 5.05. The van der Waals surface area contributed by atoms with Crippen molar-refractivity contribution in [2.75, 3.05) is 5.32 Å². The summed E-state index contributed by atoms with van der Waals surface area (Å²) in [6.07, 6.45) is 0.420. The molecule has 45 heavy (non-hydrogen) atoms. The van der Waals surface area contributed by atoms with E-state index in [4.69, 9.17) is 5.73 Å². The van der Waals surface area contributed by atoms with Crippen LogP contribution in [0.1, 0.15) is 34.8 Å². The van der Waals surface area contributed by atoms with E-state index in [1.54, 1.807) is 24.3 Å². The number of halogens is 2. The minimum Gasteiger partial charge on any atom is -0.355 e. The first-order valence-corrected chi connectivity index (χ1v) is 14.6. The van der Waals surface area contributed by atoms with Crippen LogP contribution in [0.5, 0.6) is 0 Å². The lowest BCUT2D eigenvalue weighted by Crippen LogP contribution is -2.45. The van der Waals surface area contributed by atoms with Crippen molar-refractivity contribution in [2.45, 2.75) is 32.5 Å². The lowest BCUT2D eigenvalue weighted by molar-refractivity contribution is -0.122. The van der Waals surface area contributed by atoms with Gasteiger partial charge in [-0.05, 0) is 65.1 Å². The van der Waals surface area contributed by atoms with Crippen LogP contribution in [0.2, 0.25) is 0 Å². The van der Waals surface area contributed by atoms with Gasteiger partial charge in [0.25, 0.3) is 5.91 Å². The van der Waals surface area contributed by atoms with Gasteiger partial charge in [0.1, 0.15) is 5.82 Å². The normalized spacial score (nSPS) is 11.3. The van der Waals surface area contributed by atoms with Crippen LogP contribution in [0.4, 0.5) is 15.8 Å². The number of anilines is 2. The van der Waals surface area contributed by atoms with E-state index in [9.17, 15) is 14.0 Å². The zero-order chi connectivity index (χ0) is 30.9. The molecule has 0 fully saturated rings. The number of hydrogen-bond donors (Lipinski definition) is 4. The summed E-state index contributed by atoms with van der Waals surface area (Å²) in [7, 11) is 0. The molecule has 0 radical (unpaired) electrons. The van der Waals surface area contributed by atoms with Crippen LogP contribution in [-0.2, 0) is 17.9 Å². The number of benzene rings is 5. The van der Waals surface area contributed by atoms with E-state index in [1.165, 1.54) is 6.07 Å². The maximum atomic E-state index is 14.1. The molecule has 0 saturated carbocycles. The van der Waals surface area contributed by atoms with Crippen molar-refractivity contribution in [3.05, 3.63) is 144 Å². The van der Waals surface area contributed by atoms with Crippen LogP contribution >= 0.6 is 12.4 Å². The zero-order valence-electron chi connectivity index (χ0n) is 24.9. The Labute approximate surface area is 269 Å². The topological polar surface area (TPSA) is 96.2 Å². The number of carbonyl (C=O) groups is 2. The highest BCUT2D eigenvalue weighted by Crippen LogP contribution is 2.35. The number of nitrogens with one attached hydrogen (secondary N) is 3. The van der Waals surface area contributed by atoms with E-state index >= 15 is 0 Å². The third kappa shape index (κ3) is 8.22. The molecule has 0 aromatic heterocycles. The number of amides is 2. The van der Waals surface area contributed by atoms with E-state index in [-0.39, 0.29) is 24.8 Å². The SMILES string of the molecule is CCC(NCc1ccccc1F)C(=O)NC(=O)c1ccc(-c2ccccc2)cc1-c1ccccc1Nc1ccc(CN)cc1.Cl. The molecule has 230 valence electrons. The van der Waals surface area contributed by atoms with Gasteiger partial charge < -0.3 is 16.4 Å². The molecule has 5 aromatic rings. The van der Waals surface area contributed by atoms with Crippen LogP contribution in [-0.4, -0.2) is 17.9 Å². The summed E-state index contributed by atoms with van der Waals surface area (Å²) >= 11 is 0. The molecule has 5 N–H and O–H groups in total. The Bertz CT molecular complexity index is 1750. The maximum Gasteiger partial charge on any atom is 0.258 e. The predicted octanol–water partition coefficient (Wildman–Crippen LogP) is 7.61. The molecular weight excluding hydrogens is 587 g/mol. The van der Waals surface area contributed by atoms with Crippen molar-refractivity contribution in [3.8, 4) is 22.3 Å². The number of para-hydroxylation sites is 1. The van der Waals surface area contributed by atoms with Crippen molar-refractivity contribution in [2.24, 2.45) is 5.73 Å². The molecule has 6 nitrogen and oxygen atoms in total. The summed E-state index contributed by atoms with van der Waals surface area (Å²) < 4.78 is 14.1. The molecule has 0 saturated heterocycles. The molecule has 0 aliphatic carbocycles. The minimum atomic E-state index is -0.684. The summed E-state index contributed by atoms with van der Waals surface area (Å²) in [5, 5.41) is 9.14. The van der Waals surface area contributed by atoms with E-state index in [0.717, 1.165) is 33.6 Å². The standard InChI is InChI=1S/C37H35FN4O2.ClH/c1-2-34(40-24-28-12-6-8-14-33(28)38)37(44)42-36(43)31-21-18-27(26-10-4-3-5-11-26)22-32(31)30-13-7-9-15-35(30)41-29-19-16-25(23-39)17-20-29;/h3-22,34,40-41H,2,23-24,39H2,1H3,(H,42,43,44);1H. The zero-order valence-corrected chi connectivity index (χ0v) is 25.7. The molecule has 1 unspecified atom stereocenters. The molecular formula is C37H36ClFN4O2. The Kier molecular flexibility index (Phi) is 11.6. The highest BCUT2D eigenvalue weighted by molar-refractivity contribution is 6.10. The largest absolute Gasteiger partial charge is 0.355 e. The van der Waals surface area contributed by atoms with Gasteiger partial charge in [-0.3, -0.25) is 14.9 Å². The van der Waals surface area contributed by atoms with Gasteiger partial charge in [0.15, 0.2) is 0 Å². The van der Waals surface area contributed by atoms with Gasteiger partial charge in [-0.1, -0.05) is 91.9 Å². The van der Waals surface area contributed by atoms with Gasteiger partial charge in [0.05, 0.1) is 6.04 Å². The van der Waals surface area contributed by atoms with Crippen molar-refractivity contribution in [1.82, 2.24) is 10.6 Å². The van der Waals surface area contributed by atoms with E-state index < -0.39 is 17.9 Å². The Morgan fingerprint density at radius 2 is 1.47 bits per heavy atom. The van der Waals surface area contributed by atoms with Crippen LogP contribution in [0.15, 0.2) is 121 Å². The quantitative estimate of drug-likeness (QED) is 0.122. The number of nitrogens with two attached hydrogens (primary N) is 1. The molecule has 0 spiro atoms. The second-order valence-electron chi connectivity index (χ2n) is 10.4. The number of carbonyl (C=O) groups excluding carboxylic acids is 2. The fourth-order valence-electron chi connectivity index (χ4n) is 5.05. The lowest BCUT2D eigenvalue weighted by atomic mass is 9.93. The van der Waals surface area contributed by atoms with E-state index in [0.29, 0.717) is 29.7 Å². The van der Waals surface area contributed by atoms with Crippen molar-refractivity contribution >= 4 is 35.6 Å². The number of imide groups is 1. The monoisotopic (exact) mass is 622 g/mol. The third-order valence-corrected chi connectivity index (χ3v) is 7.52. The molecule has 0 heterocycles. The number of hydrogen-bond acceptors (Lipinski definition) is 5. The van der Waals surface area contributed by atoms with Gasteiger partial charge in [-0.15, -0.1) is 12.4 Å². The summed E-state index contributed by atoms with van der Waals surface area (Å²) in [5.74, 6) is -1.34. The second kappa shape index (κ2) is 15.8. The first-order chi connectivity index (χ1) is 21.5. The molecule has 5 aromatic carbocycles. The van der Waals surface area contributed by atoms with E-state index in [2.05, 4.69) is 16.0 Å². The molecule has 0 aliphatic heterocycles. The molecule has 0 bridgehead atoms. The Morgan fingerprint density at radius 3 is 2.18 bits per heavy atom. The first kappa shape index (κ1) is 33.1. The minimum absolute atomic E-state index is 0. The van der Waals surface area contributed by atoms with Crippen molar-refractivity contribution < 1.29 is 14.0 Å². The Balaban J connectivity index is 0.00000461. The van der Waals surface area contributed by atoms with E-state index in [1.807, 2.05) is 97.9 Å². The average Bonchev–Trinajstić information content (AvgIpc) is 3.06. The predicted molar refractivity (Wildman–Crippen MR) is 182 cm³/mol. The smallest absolute Gasteiger partial charge is 0.258 e. The van der Waals surface area contributed by atoms with Crippen LogP contribution in [0.3, 0.4) is 0 Å². The summed E-state index contributed by atoms with van der Waals surface area (Å²) in [6.45, 7) is 2.46. The van der Waals surface area contributed by atoms with Crippen LogP contribution in [0.25, 0.3) is 22.3 Å². The second-order valence-corrected chi connectivity index (χ2v) is 10.4. The molecule has 1 atom stereocenters. The van der Waals surface area contributed by atoms with Gasteiger partial charge >= 0.3 is 0 Å². The average molecular weight is 623 g/mol. The van der Waals surface area contributed by atoms with Crippen molar-refractivity contribution in [1.29, 1.82) is 0 Å². The Morgan fingerprint density at radius 1 is 0.778 bits per heavy atom.